The van der Waals surface area contributed by atoms with Crippen molar-refractivity contribution in [2.75, 3.05) is 0 Å². The van der Waals surface area contributed by atoms with E-state index >= 15 is 0 Å². The highest BCUT2D eigenvalue weighted by molar-refractivity contribution is 5.29. The van der Waals surface area contributed by atoms with E-state index in [4.69, 9.17) is 0 Å². The molecule has 0 radical (unpaired) electrons. The predicted octanol–water partition coefficient (Wildman–Crippen LogP) is 4.04. The first-order valence-corrected chi connectivity index (χ1v) is 5.43. The molecule has 0 N–H and O–H groups in total. The molecular formula is C13H18. The SMILES string of the molecule is Cc1ccccc1C1CCCCC1. The van der Waals surface area contributed by atoms with Crippen LogP contribution in [0.2, 0.25) is 0 Å². The van der Waals surface area contributed by atoms with Crippen molar-refractivity contribution in [3.63, 3.8) is 0 Å². The number of aryl methyl sites for hydroxylation is 1. The van der Waals surface area contributed by atoms with Gasteiger partial charge in [0.25, 0.3) is 0 Å². The molecule has 0 bridgehead atoms. The highest BCUT2D eigenvalue weighted by Crippen LogP contribution is 2.33. The molecule has 0 heterocycles. The average molecular weight is 174 g/mol. The van der Waals surface area contributed by atoms with Crippen LogP contribution in [0.5, 0.6) is 0 Å². The van der Waals surface area contributed by atoms with E-state index in [2.05, 4.69) is 31.2 Å². The summed E-state index contributed by atoms with van der Waals surface area (Å²) in [4.78, 5) is 0. The molecule has 70 valence electrons. The zero-order valence-corrected chi connectivity index (χ0v) is 8.42. The van der Waals surface area contributed by atoms with Crippen LogP contribution in [-0.2, 0) is 0 Å². The Morgan fingerprint density at radius 1 is 1.00 bits per heavy atom. The zero-order chi connectivity index (χ0) is 9.10. The molecule has 0 unspecified atom stereocenters. The number of hydrogen-bond acceptors (Lipinski definition) is 0. The minimum atomic E-state index is 0.856. The first-order valence-electron chi connectivity index (χ1n) is 5.43. The first kappa shape index (κ1) is 8.80. The molecule has 0 spiro atoms. The van der Waals surface area contributed by atoms with Crippen LogP contribution in [0.25, 0.3) is 0 Å². The molecule has 0 nitrogen and oxygen atoms in total. The molecule has 0 aliphatic heterocycles. The van der Waals surface area contributed by atoms with E-state index in [1.165, 1.54) is 37.7 Å². The summed E-state index contributed by atoms with van der Waals surface area (Å²) in [6.07, 6.45) is 7.12. The Kier molecular flexibility index (Phi) is 2.68. The van der Waals surface area contributed by atoms with Crippen LogP contribution in [0, 0.1) is 6.92 Å². The predicted molar refractivity (Wildman–Crippen MR) is 57.0 cm³/mol. The van der Waals surface area contributed by atoms with E-state index < -0.39 is 0 Å². The highest BCUT2D eigenvalue weighted by atomic mass is 14.2. The Bertz CT molecular complexity index is 269. The van der Waals surface area contributed by atoms with E-state index in [1.807, 2.05) is 0 Å². The van der Waals surface area contributed by atoms with Crippen LogP contribution in [0.15, 0.2) is 24.3 Å². The molecule has 2 rings (SSSR count). The summed E-state index contributed by atoms with van der Waals surface area (Å²) in [5.41, 5.74) is 3.08. The molecule has 13 heavy (non-hydrogen) atoms. The van der Waals surface area contributed by atoms with Crippen LogP contribution in [0.3, 0.4) is 0 Å². The fraction of sp³-hybridized carbons (Fsp3) is 0.538. The van der Waals surface area contributed by atoms with E-state index in [0.29, 0.717) is 0 Å². The Labute approximate surface area is 81.0 Å². The number of hydrogen-bond donors (Lipinski definition) is 0. The van der Waals surface area contributed by atoms with Gasteiger partial charge in [-0.25, -0.2) is 0 Å². The fourth-order valence-corrected chi connectivity index (χ4v) is 2.46. The quantitative estimate of drug-likeness (QED) is 0.602. The maximum atomic E-state index is 2.31. The van der Waals surface area contributed by atoms with Gasteiger partial charge in [0, 0.05) is 0 Å². The van der Waals surface area contributed by atoms with E-state index in [-0.39, 0.29) is 0 Å². The van der Waals surface area contributed by atoms with Crippen LogP contribution in [0.4, 0.5) is 0 Å². The normalized spacial score (nSPS) is 18.8. The van der Waals surface area contributed by atoms with Gasteiger partial charge in [0.05, 0.1) is 0 Å². The molecular weight excluding hydrogens is 156 g/mol. The zero-order valence-electron chi connectivity index (χ0n) is 8.42. The lowest BCUT2D eigenvalue weighted by molar-refractivity contribution is 0.442. The van der Waals surface area contributed by atoms with Crippen LogP contribution >= 0.6 is 0 Å². The molecule has 1 aliphatic carbocycles. The van der Waals surface area contributed by atoms with Crippen molar-refractivity contribution < 1.29 is 0 Å². The van der Waals surface area contributed by atoms with Crippen molar-refractivity contribution in [3.05, 3.63) is 35.4 Å². The minimum Gasteiger partial charge on any atom is -0.0620 e. The molecule has 1 aromatic carbocycles. The second-order valence-corrected chi connectivity index (χ2v) is 4.19. The van der Waals surface area contributed by atoms with Gasteiger partial charge in [-0.3, -0.25) is 0 Å². The highest BCUT2D eigenvalue weighted by Gasteiger charge is 2.16. The van der Waals surface area contributed by atoms with Gasteiger partial charge in [-0.05, 0) is 36.8 Å². The molecule has 1 saturated carbocycles. The molecule has 1 aromatic rings. The summed E-state index contributed by atoms with van der Waals surface area (Å²) in [6.45, 7) is 2.24. The Morgan fingerprint density at radius 3 is 2.38 bits per heavy atom. The van der Waals surface area contributed by atoms with Gasteiger partial charge in [-0.15, -0.1) is 0 Å². The minimum absolute atomic E-state index is 0.856. The van der Waals surface area contributed by atoms with Crippen molar-refractivity contribution in [3.8, 4) is 0 Å². The summed E-state index contributed by atoms with van der Waals surface area (Å²) in [5.74, 6) is 0.856. The molecule has 1 aliphatic rings. The largest absolute Gasteiger partial charge is 0.0620 e. The maximum Gasteiger partial charge on any atom is -0.0159 e. The van der Waals surface area contributed by atoms with Gasteiger partial charge in [-0.1, -0.05) is 43.5 Å². The monoisotopic (exact) mass is 174 g/mol. The van der Waals surface area contributed by atoms with E-state index in [9.17, 15) is 0 Å². The summed E-state index contributed by atoms with van der Waals surface area (Å²) < 4.78 is 0. The van der Waals surface area contributed by atoms with Crippen LogP contribution in [0.1, 0.15) is 49.1 Å². The van der Waals surface area contributed by atoms with Gasteiger partial charge in [-0.2, -0.15) is 0 Å². The van der Waals surface area contributed by atoms with Crippen LogP contribution < -0.4 is 0 Å². The first-order chi connectivity index (χ1) is 6.38. The average Bonchev–Trinajstić information content (AvgIpc) is 2.20. The lowest BCUT2D eigenvalue weighted by Gasteiger charge is -2.23. The summed E-state index contributed by atoms with van der Waals surface area (Å²) in [7, 11) is 0. The second-order valence-electron chi connectivity index (χ2n) is 4.19. The molecule has 0 heteroatoms. The summed E-state index contributed by atoms with van der Waals surface area (Å²) in [6, 6.07) is 8.87. The smallest absolute Gasteiger partial charge is 0.0159 e. The maximum absolute atomic E-state index is 2.31. The van der Waals surface area contributed by atoms with Gasteiger partial charge in [0.2, 0.25) is 0 Å². The van der Waals surface area contributed by atoms with Gasteiger partial charge in [0.15, 0.2) is 0 Å². The Morgan fingerprint density at radius 2 is 1.69 bits per heavy atom. The van der Waals surface area contributed by atoms with Crippen molar-refractivity contribution in [2.45, 2.75) is 44.9 Å². The van der Waals surface area contributed by atoms with E-state index in [0.717, 1.165) is 5.92 Å². The molecule has 0 aromatic heterocycles. The second kappa shape index (κ2) is 3.95. The van der Waals surface area contributed by atoms with Crippen molar-refractivity contribution in [2.24, 2.45) is 0 Å². The van der Waals surface area contributed by atoms with E-state index in [1.54, 1.807) is 5.56 Å². The summed E-state index contributed by atoms with van der Waals surface area (Å²) >= 11 is 0. The van der Waals surface area contributed by atoms with Crippen LogP contribution in [-0.4, -0.2) is 0 Å². The summed E-state index contributed by atoms with van der Waals surface area (Å²) in [5, 5.41) is 0. The van der Waals surface area contributed by atoms with Crippen molar-refractivity contribution >= 4 is 0 Å². The lowest BCUT2D eigenvalue weighted by atomic mass is 9.82. The molecule has 1 fully saturated rings. The third-order valence-electron chi connectivity index (χ3n) is 3.23. The van der Waals surface area contributed by atoms with Crippen molar-refractivity contribution in [1.29, 1.82) is 0 Å². The third kappa shape index (κ3) is 1.93. The molecule has 0 saturated heterocycles. The Balaban J connectivity index is 2.18. The topological polar surface area (TPSA) is 0 Å². The number of benzene rings is 1. The fourth-order valence-electron chi connectivity index (χ4n) is 2.46. The number of rotatable bonds is 1. The standard InChI is InChI=1S/C13H18/c1-11-7-5-6-10-13(11)12-8-3-2-4-9-12/h5-7,10,12H,2-4,8-9H2,1H3. The lowest BCUT2D eigenvalue weighted by Crippen LogP contribution is -2.05. The third-order valence-corrected chi connectivity index (χ3v) is 3.23. The van der Waals surface area contributed by atoms with Crippen molar-refractivity contribution in [1.82, 2.24) is 0 Å². The van der Waals surface area contributed by atoms with Gasteiger partial charge in [0.1, 0.15) is 0 Å². The van der Waals surface area contributed by atoms with Gasteiger partial charge < -0.3 is 0 Å². The molecule has 0 atom stereocenters. The Hall–Kier alpha value is -0.780. The molecule has 0 amide bonds. The van der Waals surface area contributed by atoms with Gasteiger partial charge >= 0.3 is 0 Å².